The summed E-state index contributed by atoms with van der Waals surface area (Å²) in [5.41, 5.74) is 0. The maximum absolute atomic E-state index is 8.66. The summed E-state index contributed by atoms with van der Waals surface area (Å²) in [6, 6.07) is 4.17. The predicted octanol–water partition coefficient (Wildman–Crippen LogP) is 1.80. The molecule has 0 saturated carbocycles. The minimum atomic E-state index is -0.189. The van der Waals surface area contributed by atoms with Gasteiger partial charge >= 0.3 is 0 Å². The zero-order chi connectivity index (χ0) is 15.7. The Morgan fingerprint density at radius 1 is 1.05 bits per heavy atom. The molecule has 0 radical (unpaired) electrons. The first-order chi connectivity index (χ1) is 10.1. The van der Waals surface area contributed by atoms with Crippen LogP contribution >= 0.6 is 0 Å². The van der Waals surface area contributed by atoms with Crippen molar-refractivity contribution in [3.8, 4) is 12.1 Å². The number of nitriles is 2. The topological polar surface area (TPSA) is 84.5 Å². The molecule has 0 N–H and O–H groups in total. The van der Waals surface area contributed by atoms with E-state index in [1.807, 2.05) is 20.8 Å². The fourth-order valence-corrected chi connectivity index (χ4v) is 2.07. The molecule has 1 rings (SSSR count). The van der Waals surface area contributed by atoms with Gasteiger partial charge in [-0.2, -0.15) is 10.5 Å². The minimum Gasteiger partial charge on any atom is -0.376 e. The SMILES string of the molecule is CC(CC#N)O[C@@H]1COC[C@H](OC(C)CC#N)C(C)OC1. The molecule has 1 heterocycles. The van der Waals surface area contributed by atoms with Crippen LogP contribution in [0.1, 0.15) is 33.6 Å². The summed E-state index contributed by atoms with van der Waals surface area (Å²) in [7, 11) is 0. The lowest BCUT2D eigenvalue weighted by atomic mass is 10.2. The molecule has 6 heteroatoms. The summed E-state index contributed by atoms with van der Waals surface area (Å²) in [4.78, 5) is 0. The highest BCUT2D eigenvalue weighted by Gasteiger charge is 2.26. The molecule has 1 aliphatic heterocycles. The largest absolute Gasteiger partial charge is 0.376 e. The van der Waals surface area contributed by atoms with Crippen LogP contribution in [0.2, 0.25) is 0 Å². The Kier molecular flexibility index (Phi) is 8.26. The number of hydrogen-bond acceptors (Lipinski definition) is 6. The monoisotopic (exact) mass is 296 g/mol. The smallest absolute Gasteiger partial charge is 0.107 e. The van der Waals surface area contributed by atoms with Crippen LogP contribution in [0.15, 0.2) is 0 Å². The number of rotatable bonds is 6. The first-order valence-corrected chi connectivity index (χ1v) is 7.31. The first-order valence-electron chi connectivity index (χ1n) is 7.31. The maximum atomic E-state index is 8.66. The highest BCUT2D eigenvalue weighted by atomic mass is 16.6. The van der Waals surface area contributed by atoms with Crippen molar-refractivity contribution in [1.29, 1.82) is 10.5 Å². The van der Waals surface area contributed by atoms with E-state index < -0.39 is 0 Å². The summed E-state index contributed by atoms with van der Waals surface area (Å²) in [6.07, 6.45) is -0.0753. The molecule has 0 bridgehead atoms. The van der Waals surface area contributed by atoms with E-state index in [9.17, 15) is 0 Å². The molecule has 118 valence electrons. The number of ether oxygens (including phenoxy) is 4. The van der Waals surface area contributed by atoms with E-state index in [4.69, 9.17) is 29.5 Å². The summed E-state index contributed by atoms with van der Waals surface area (Å²) >= 11 is 0. The van der Waals surface area contributed by atoms with Crippen molar-refractivity contribution < 1.29 is 18.9 Å². The van der Waals surface area contributed by atoms with Gasteiger partial charge in [0.05, 0.1) is 63.1 Å². The van der Waals surface area contributed by atoms with Crippen LogP contribution in [0.4, 0.5) is 0 Å². The lowest BCUT2D eigenvalue weighted by Gasteiger charge is -2.32. The average Bonchev–Trinajstić information content (AvgIpc) is 2.42. The Balaban J connectivity index is 2.42. The summed E-state index contributed by atoms with van der Waals surface area (Å²) in [5, 5.41) is 17.3. The lowest BCUT2D eigenvalue weighted by molar-refractivity contribution is -0.174. The van der Waals surface area contributed by atoms with Crippen LogP contribution in [0.3, 0.4) is 0 Å². The molecule has 0 amide bonds. The molecule has 1 fully saturated rings. The van der Waals surface area contributed by atoms with Gasteiger partial charge in [0.15, 0.2) is 0 Å². The van der Waals surface area contributed by atoms with Crippen molar-refractivity contribution in [3.05, 3.63) is 0 Å². The van der Waals surface area contributed by atoms with Crippen LogP contribution in [-0.2, 0) is 18.9 Å². The molecule has 21 heavy (non-hydrogen) atoms. The van der Waals surface area contributed by atoms with Crippen molar-refractivity contribution in [1.82, 2.24) is 0 Å². The van der Waals surface area contributed by atoms with Gasteiger partial charge in [0, 0.05) is 0 Å². The second-order valence-corrected chi connectivity index (χ2v) is 5.35. The van der Waals surface area contributed by atoms with Crippen molar-refractivity contribution in [2.45, 2.75) is 64.1 Å². The Morgan fingerprint density at radius 2 is 1.67 bits per heavy atom. The highest BCUT2D eigenvalue weighted by molar-refractivity contribution is 4.78. The first kappa shape index (κ1) is 17.9. The average molecular weight is 296 g/mol. The van der Waals surface area contributed by atoms with Gasteiger partial charge in [0.1, 0.15) is 12.2 Å². The van der Waals surface area contributed by atoms with Crippen molar-refractivity contribution in [2.75, 3.05) is 19.8 Å². The third-order valence-electron chi connectivity index (χ3n) is 3.24. The van der Waals surface area contributed by atoms with Gasteiger partial charge in [-0.05, 0) is 20.8 Å². The van der Waals surface area contributed by atoms with Gasteiger partial charge in [0.2, 0.25) is 0 Å². The van der Waals surface area contributed by atoms with Crippen LogP contribution in [0.25, 0.3) is 0 Å². The van der Waals surface area contributed by atoms with Crippen molar-refractivity contribution >= 4 is 0 Å². The van der Waals surface area contributed by atoms with Gasteiger partial charge < -0.3 is 18.9 Å². The third kappa shape index (κ3) is 6.88. The maximum Gasteiger partial charge on any atom is 0.107 e. The summed E-state index contributed by atoms with van der Waals surface area (Å²) in [5.74, 6) is 0. The van der Waals surface area contributed by atoms with E-state index in [1.165, 1.54) is 0 Å². The Hall–Kier alpha value is -1.18. The molecule has 0 spiro atoms. The fourth-order valence-electron chi connectivity index (χ4n) is 2.07. The normalized spacial score (nSPS) is 29.5. The van der Waals surface area contributed by atoms with E-state index >= 15 is 0 Å². The second kappa shape index (κ2) is 9.70. The molecule has 3 unspecified atom stereocenters. The quantitative estimate of drug-likeness (QED) is 0.743. The van der Waals surface area contributed by atoms with Gasteiger partial charge in [0.25, 0.3) is 0 Å². The van der Waals surface area contributed by atoms with Crippen LogP contribution in [-0.4, -0.2) is 50.3 Å². The molecule has 5 atom stereocenters. The highest BCUT2D eigenvalue weighted by Crippen LogP contribution is 2.15. The van der Waals surface area contributed by atoms with E-state index in [-0.39, 0.29) is 30.5 Å². The van der Waals surface area contributed by atoms with Crippen molar-refractivity contribution in [3.63, 3.8) is 0 Å². The van der Waals surface area contributed by atoms with Crippen LogP contribution in [0, 0.1) is 22.7 Å². The van der Waals surface area contributed by atoms with Gasteiger partial charge in [-0.15, -0.1) is 0 Å². The van der Waals surface area contributed by atoms with Crippen molar-refractivity contribution in [2.24, 2.45) is 0 Å². The Bertz CT molecular complexity index is 377. The molecule has 0 aromatic heterocycles. The lowest BCUT2D eigenvalue weighted by Crippen LogP contribution is -2.42. The summed E-state index contributed by atoms with van der Waals surface area (Å²) < 4.78 is 22.9. The molecular weight excluding hydrogens is 272 g/mol. The fraction of sp³-hybridized carbons (Fsp3) is 0.867. The zero-order valence-corrected chi connectivity index (χ0v) is 12.9. The van der Waals surface area contributed by atoms with Crippen LogP contribution in [0.5, 0.6) is 0 Å². The number of nitrogens with zero attached hydrogens (tertiary/aromatic N) is 2. The molecule has 0 aromatic carbocycles. The van der Waals surface area contributed by atoms with Gasteiger partial charge in [-0.25, -0.2) is 0 Å². The molecule has 1 aliphatic rings. The molecule has 1 saturated heterocycles. The molecule has 6 nitrogen and oxygen atoms in total. The van der Waals surface area contributed by atoms with E-state index in [0.29, 0.717) is 32.7 Å². The predicted molar refractivity (Wildman–Crippen MR) is 75.4 cm³/mol. The van der Waals surface area contributed by atoms with E-state index in [0.717, 1.165) is 0 Å². The Morgan fingerprint density at radius 3 is 2.29 bits per heavy atom. The van der Waals surface area contributed by atoms with Gasteiger partial charge in [-0.1, -0.05) is 0 Å². The van der Waals surface area contributed by atoms with E-state index in [1.54, 1.807) is 0 Å². The van der Waals surface area contributed by atoms with Gasteiger partial charge in [-0.3, -0.25) is 0 Å². The summed E-state index contributed by atoms with van der Waals surface area (Å²) in [6.45, 7) is 6.88. The second-order valence-electron chi connectivity index (χ2n) is 5.35. The van der Waals surface area contributed by atoms with Crippen LogP contribution < -0.4 is 0 Å². The van der Waals surface area contributed by atoms with E-state index in [2.05, 4.69) is 12.1 Å². The molecule has 0 aliphatic carbocycles. The third-order valence-corrected chi connectivity index (χ3v) is 3.24. The Labute approximate surface area is 126 Å². The molecular formula is C15H24N2O4. The zero-order valence-electron chi connectivity index (χ0n) is 12.9. The minimum absolute atomic E-state index is 0.135. The number of hydrogen-bond donors (Lipinski definition) is 0. The standard InChI is InChI=1S/C15H24N2O4/c1-11(4-6-16)20-14-8-18-10-15(13(3)19-9-14)21-12(2)5-7-17/h11-15H,4-5,8-10H2,1-3H3/t11?,12?,13?,14-,15+/m1/s1. The molecule has 0 aromatic rings.